The van der Waals surface area contributed by atoms with Crippen LogP contribution < -0.4 is 15.6 Å². The molecule has 0 radical (unpaired) electrons. The van der Waals surface area contributed by atoms with E-state index in [1.165, 1.54) is 17.7 Å². The lowest BCUT2D eigenvalue weighted by atomic mass is 10.2. The Morgan fingerprint density at radius 2 is 1.96 bits per heavy atom. The van der Waals surface area contributed by atoms with E-state index in [0.29, 0.717) is 11.4 Å². The maximum Gasteiger partial charge on any atom is 0.274 e. The molecule has 0 saturated heterocycles. The van der Waals surface area contributed by atoms with Crippen LogP contribution in [0.15, 0.2) is 53.5 Å². The number of nitrogens with zero attached hydrogens (tertiary/aromatic N) is 2. The lowest BCUT2D eigenvalue weighted by Gasteiger charge is -2.10. The van der Waals surface area contributed by atoms with Gasteiger partial charge in [-0.15, -0.1) is 0 Å². The summed E-state index contributed by atoms with van der Waals surface area (Å²) in [5, 5.41) is 12.5. The summed E-state index contributed by atoms with van der Waals surface area (Å²) in [5.74, 6) is -0.939. The predicted molar refractivity (Wildman–Crippen MR) is 84.1 cm³/mol. The van der Waals surface area contributed by atoms with Crippen molar-refractivity contribution in [3.05, 3.63) is 64.6 Å². The van der Waals surface area contributed by atoms with Crippen LogP contribution in [-0.4, -0.2) is 27.5 Å². The number of ether oxygens (including phenoxy) is 1. The molecule has 0 bridgehead atoms. The number of hydrogen-bond acceptors (Lipinski definition) is 5. The van der Waals surface area contributed by atoms with Gasteiger partial charge >= 0.3 is 0 Å². The van der Waals surface area contributed by atoms with E-state index in [2.05, 4.69) is 10.3 Å². The number of aromatic hydroxyl groups is 1. The number of benzene rings is 1. The molecule has 1 aromatic carbocycles. The largest absolute Gasteiger partial charge is 0.495 e. The Labute approximate surface area is 130 Å². The fourth-order valence-corrected chi connectivity index (χ4v) is 2.21. The van der Waals surface area contributed by atoms with Crippen molar-refractivity contribution < 1.29 is 14.6 Å². The molecule has 0 unspecified atom stereocenters. The van der Waals surface area contributed by atoms with E-state index < -0.39 is 22.9 Å². The second kappa shape index (κ2) is 5.80. The molecule has 7 nitrogen and oxygen atoms in total. The molecule has 116 valence electrons. The van der Waals surface area contributed by atoms with Crippen molar-refractivity contribution in [2.24, 2.45) is 0 Å². The summed E-state index contributed by atoms with van der Waals surface area (Å²) in [6.07, 6.45) is 1.48. The fraction of sp³-hybridized carbons (Fsp3) is 0.0625. The lowest BCUT2D eigenvalue weighted by molar-refractivity contribution is 0.102. The third-order valence-electron chi connectivity index (χ3n) is 3.30. The number of nitrogens with one attached hydrogen (secondary N) is 1. The second-order valence-corrected chi connectivity index (χ2v) is 4.70. The molecule has 2 heterocycles. The Morgan fingerprint density at radius 1 is 1.22 bits per heavy atom. The quantitative estimate of drug-likeness (QED) is 0.767. The van der Waals surface area contributed by atoms with Crippen LogP contribution in [0.1, 0.15) is 10.4 Å². The van der Waals surface area contributed by atoms with Crippen molar-refractivity contribution >= 4 is 17.2 Å². The molecule has 1 amide bonds. The van der Waals surface area contributed by atoms with Crippen molar-refractivity contribution in [2.75, 3.05) is 12.4 Å². The van der Waals surface area contributed by atoms with Gasteiger partial charge in [0.1, 0.15) is 11.4 Å². The van der Waals surface area contributed by atoms with E-state index in [0.717, 1.165) is 0 Å². The molecule has 0 aliphatic heterocycles. The Bertz CT molecular complexity index is 949. The maximum absolute atomic E-state index is 12.4. The molecule has 0 aliphatic rings. The van der Waals surface area contributed by atoms with Crippen LogP contribution in [0, 0.1) is 0 Å². The summed E-state index contributed by atoms with van der Waals surface area (Å²) < 4.78 is 6.33. The molecule has 2 aromatic heterocycles. The minimum atomic E-state index is -0.761. The van der Waals surface area contributed by atoms with Crippen LogP contribution in [0.3, 0.4) is 0 Å². The standard InChI is InChI=1S/C16H13N3O4/c1-23-11-7-3-2-6-10(11)17-14(20)13-15(21)18-12-8-4-5-9-19(12)16(13)22/h2-9,21H,1H3,(H,17,20). The summed E-state index contributed by atoms with van der Waals surface area (Å²) in [7, 11) is 1.47. The minimum absolute atomic E-state index is 0.254. The number of carbonyl (C=O) groups is 1. The van der Waals surface area contributed by atoms with Crippen molar-refractivity contribution in [3.63, 3.8) is 0 Å². The molecule has 23 heavy (non-hydrogen) atoms. The first kappa shape index (κ1) is 14.6. The van der Waals surface area contributed by atoms with Gasteiger partial charge in [0.2, 0.25) is 5.88 Å². The Balaban J connectivity index is 2.06. The number of methoxy groups -OCH3 is 1. The monoisotopic (exact) mass is 311 g/mol. The first-order chi connectivity index (χ1) is 11.1. The van der Waals surface area contributed by atoms with Crippen molar-refractivity contribution in [2.45, 2.75) is 0 Å². The Kier molecular flexibility index (Phi) is 3.68. The van der Waals surface area contributed by atoms with Crippen molar-refractivity contribution in [3.8, 4) is 11.6 Å². The number of anilines is 1. The van der Waals surface area contributed by atoms with Gasteiger partial charge in [-0.2, -0.15) is 4.98 Å². The zero-order chi connectivity index (χ0) is 16.4. The fourth-order valence-electron chi connectivity index (χ4n) is 2.21. The second-order valence-electron chi connectivity index (χ2n) is 4.70. The highest BCUT2D eigenvalue weighted by Crippen LogP contribution is 2.24. The van der Waals surface area contributed by atoms with Crippen molar-refractivity contribution in [1.82, 2.24) is 9.38 Å². The molecule has 7 heteroatoms. The first-order valence-corrected chi connectivity index (χ1v) is 6.76. The minimum Gasteiger partial charge on any atom is -0.495 e. The molecule has 0 atom stereocenters. The molecule has 2 N–H and O–H groups in total. The van der Waals surface area contributed by atoms with E-state index in [4.69, 9.17) is 4.74 Å². The third kappa shape index (κ3) is 2.59. The first-order valence-electron chi connectivity index (χ1n) is 6.76. The molecular formula is C16H13N3O4. The number of para-hydroxylation sites is 2. The Morgan fingerprint density at radius 3 is 2.74 bits per heavy atom. The molecule has 0 spiro atoms. The van der Waals surface area contributed by atoms with Crippen LogP contribution in [0.5, 0.6) is 11.6 Å². The molecule has 3 rings (SSSR count). The van der Waals surface area contributed by atoms with E-state index in [1.807, 2.05) is 0 Å². The maximum atomic E-state index is 12.4. The molecule has 3 aromatic rings. The van der Waals surface area contributed by atoms with E-state index in [-0.39, 0.29) is 5.65 Å². The number of aromatic nitrogens is 2. The van der Waals surface area contributed by atoms with Gasteiger partial charge in [-0.1, -0.05) is 18.2 Å². The summed E-state index contributed by atoms with van der Waals surface area (Å²) in [6.45, 7) is 0. The van der Waals surface area contributed by atoms with Gasteiger partial charge in [0.15, 0.2) is 5.56 Å². The zero-order valence-electron chi connectivity index (χ0n) is 12.2. The highest BCUT2D eigenvalue weighted by atomic mass is 16.5. The van der Waals surface area contributed by atoms with Crippen molar-refractivity contribution in [1.29, 1.82) is 0 Å². The summed E-state index contributed by atoms with van der Waals surface area (Å²) in [6, 6.07) is 11.6. The number of rotatable bonds is 3. The number of pyridine rings is 1. The van der Waals surface area contributed by atoms with Gasteiger partial charge in [-0.25, -0.2) is 0 Å². The van der Waals surface area contributed by atoms with Gasteiger partial charge in [0.05, 0.1) is 12.8 Å². The van der Waals surface area contributed by atoms with Gasteiger partial charge in [-0.05, 0) is 24.3 Å². The van der Waals surface area contributed by atoms with Gasteiger partial charge < -0.3 is 15.2 Å². The van der Waals surface area contributed by atoms with Crippen LogP contribution in [-0.2, 0) is 0 Å². The molecule has 0 aliphatic carbocycles. The highest BCUT2D eigenvalue weighted by molar-refractivity contribution is 6.06. The number of fused-ring (bicyclic) bond motifs is 1. The van der Waals surface area contributed by atoms with E-state index in [9.17, 15) is 14.7 Å². The highest BCUT2D eigenvalue weighted by Gasteiger charge is 2.20. The predicted octanol–water partition coefficient (Wildman–Crippen LogP) is 1.66. The average molecular weight is 311 g/mol. The van der Waals surface area contributed by atoms with Crippen LogP contribution in [0.4, 0.5) is 5.69 Å². The number of hydrogen-bond donors (Lipinski definition) is 2. The number of carbonyl (C=O) groups excluding carboxylic acids is 1. The SMILES string of the molecule is COc1ccccc1NC(=O)c1c(O)nc2ccccn2c1=O. The average Bonchev–Trinajstić information content (AvgIpc) is 2.55. The zero-order valence-corrected chi connectivity index (χ0v) is 12.2. The van der Waals surface area contributed by atoms with Gasteiger partial charge in [0.25, 0.3) is 11.5 Å². The molecule has 0 fully saturated rings. The van der Waals surface area contributed by atoms with Gasteiger partial charge in [0, 0.05) is 6.20 Å². The van der Waals surface area contributed by atoms with Gasteiger partial charge in [-0.3, -0.25) is 14.0 Å². The van der Waals surface area contributed by atoms with Crippen LogP contribution >= 0.6 is 0 Å². The summed E-state index contributed by atoms with van der Waals surface area (Å²) in [4.78, 5) is 28.7. The van der Waals surface area contributed by atoms with E-state index in [1.54, 1.807) is 42.5 Å². The molecule has 0 saturated carbocycles. The third-order valence-corrected chi connectivity index (χ3v) is 3.30. The Hall–Kier alpha value is -3.35. The normalized spacial score (nSPS) is 10.5. The number of amides is 1. The van der Waals surface area contributed by atoms with Crippen LogP contribution in [0.25, 0.3) is 5.65 Å². The topological polar surface area (TPSA) is 92.9 Å². The smallest absolute Gasteiger partial charge is 0.274 e. The van der Waals surface area contributed by atoms with Crippen LogP contribution in [0.2, 0.25) is 0 Å². The summed E-state index contributed by atoms with van der Waals surface area (Å²) >= 11 is 0. The molecular weight excluding hydrogens is 298 g/mol. The lowest BCUT2D eigenvalue weighted by Crippen LogP contribution is -2.27. The van der Waals surface area contributed by atoms with E-state index >= 15 is 0 Å². The summed E-state index contributed by atoms with van der Waals surface area (Å²) in [5.41, 5.74) is -0.444.